The van der Waals surface area contributed by atoms with Crippen molar-refractivity contribution in [1.29, 1.82) is 0 Å². The van der Waals surface area contributed by atoms with Gasteiger partial charge in [-0.05, 0) is 87.2 Å². The normalized spacial score (nSPS) is 31.8. The molecule has 0 N–H and O–H groups in total. The van der Waals surface area contributed by atoms with Crippen LogP contribution in [0.1, 0.15) is 66.6 Å². The lowest BCUT2D eigenvalue weighted by molar-refractivity contribution is -0.147. The second kappa shape index (κ2) is 6.38. The smallest absolute Gasteiger partial charge is 0.339 e. The third-order valence-electron chi connectivity index (χ3n) is 8.09. The van der Waals surface area contributed by atoms with Gasteiger partial charge in [-0.15, -0.1) is 0 Å². The lowest BCUT2D eigenvalue weighted by atomic mass is 9.48. The average molecular weight is 389 g/mol. The van der Waals surface area contributed by atoms with Crippen LogP contribution < -0.4 is 0 Å². The highest BCUT2D eigenvalue weighted by Gasteiger charge is 2.54. The van der Waals surface area contributed by atoms with E-state index in [2.05, 4.69) is 0 Å². The summed E-state index contributed by atoms with van der Waals surface area (Å²) in [6.07, 6.45) is 9.76. The first-order chi connectivity index (χ1) is 14.1. The number of benzene rings is 1. The number of aryl methyl sites for hydroxylation is 1. The maximum atomic E-state index is 13.2. The van der Waals surface area contributed by atoms with Gasteiger partial charge in [0, 0.05) is 16.5 Å². The zero-order valence-electron chi connectivity index (χ0n) is 16.8. The molecule has 4 fully saturated rings. The second-order valence-electron chi connectivity index (χ2n) is 9.98. The van der Waals surface area contributed by atoms with Gasteiger partial charge in [-0.1, -0.05) is 18.2 Å². The molecule has 4 bridgehead atoms. The molecule has 4 nitrogen and oxygen atoms in total. The van der Waals surface area contributed by atoms with Crippen LogP contribution in [0.3, 0.4) is 0 Å². The summed E-state index contributed by atoms with van der Waals surface area (Å²) in [5.74, 6) is 1.97. The molecule has 1 aromatic carbocycles. The molecule has 0 aliphatic heterocycles. The van der Waals surface area contributed by atoms with Gasteiger partial charge in [-0.2, -0.15) is 0 Å². The number of ketones is 1. The monoisotopic (exact) mass is 389 g/mol. The quantitative estimate of drug-likeness (QED) is 0.714. The Bertz CT molecular complexity index is 989. The Morgan fingerprint density at radius 1 is 1.00 bits per heavy atom. The third kappa shape index (κ3) is 2.75. The van der Waals surface area contributed by atoms with E-state index in [0.717, 1.165) is 60.7 Å². The Balaban J connectivity index is 1.25. The van der Waals surface area contributed by atoms with Crippen LogP contribution in [-0.2, 0) is 22.4 Å². The highest BCUT2D eigenvalue weighted by molar-refractivity contribution is 6.06. The van der Waals surface area contributed by atoms with E-state index < -0.39 is 0 Å². The number of esters is 1. The number of aromatic nitrogens is 1. The van der Waals surface area contributed by atoms with E-state index in [-0.39, 0.29) is 23.8 Å². The number of pyridine rings is 1. The minimum Gasteiger partial charge on any atom is -0.454 e. The fraction of sp³-hybridized carbons (Fsp3) is 0.560. The predicted molar refractivity (Wildman–Crippen MR) is 110 cm³/mol. The van der Waals surface area contributed by atoms with Gasteiger partial charge < -0.3 is 4.74 Å². The number of carbonyl (C=O) groups excluding carboxylic acids is 2. The van der Waals surface area contributed by atoms with Gasteiger partial charge in [-0.25, -0.2) is 4.79 Å². The molecule has 1 aromatic heterocycles. The second-order valence-corrected chi connectivity index (χ2v) is 9.98. The van der Waals surface area contributed by atoms with Crippen molar-refractivity contribution >= 4 is 22.7 Å². The summed E-state index contributed by atoms with van der Waals surface area (Å²) < 4.78 is 5.70. The number of hydrogen-bond donors (Lipinski definition) is 0. The summed E-state index contributed by atoms with van der Waals surface area (Å²) in [4.78, 5) is 31.1. The molecule has 2 aromatic rings. The highest BCUT2D eigenvalue weighted by Crippen LogP contribution is 2.60. The van der Waals surface area contributed by atoms with Crippen molar-refractivity contribution in [3.8, 4) is 0 Å². The standard InChI is InChI=1S/C25H27NO3/c27-22(25-11-15-8-16(12-25)10-17(9-15)13-25)14-29-24(28)23-18-4-1-2-6-20(18)26-21-7-3-5-19(21)23/h1-2,4,6,15-17H,3,5,7-14H2. The number of hydrogen-bond acceptors (Lipinski definition) is 4. The molecule has 5 aliphatic carbocycles. The molecule has 0 radical (unpaired) electrons. The van der Waals surface area contributed by atoms with Gasteiger partial charge >= 0.3 is 5.97 Å². The van der Waals surface area contributed by atoms with Crippen molar-refractivity contribution in [2.75, 3.05) is 6.61 Å². The number of Topliss-reactive ketones (excluding diaryl/α,β-unsaturated/α-hetero) is 1. The largest absolute Gasteiger partial charge is 0.454 e. The molecular weight excluding hydrogens is 362 g/mol. The van der Waals surface area contributed by atoms with E-state index in [1.54, 1.807) is 0 Å². The van der Waals surface area contributed by atoms with Gasteiger partial charge in [0.15, 0.2) is 12.4 Å². The van der Waals surface area contributed by atoms with E-state index in [4.69, 9.17) is 9.72 Å². The summed E-state index contributed by atoms with van der Waals surface area (Å²) in [6.45, 7) is -0.0730. The van der Waals surface area contributed by atoms with Crippen LogP contribution >= 0.6 is 0 Å². The van der Waals surface area contributed by atoms with Crippen molar-refractivity contribution in [2.45, 2.75) is 57.8 Å². The van der Waals surface area contributed by atoms with Gasteiger partial charge in [0.25, 0.3) is 0 Å². The van der Waals surface area contributed by atoms with Crippen LogP contribution in [0.5, 0.6) is 0 Å². The van der Waals surface area contributed by atoms with Crippen LogP contribution in [0.15, 0.2) is 24.3 Å². The average Bonchev–Trinajstić information content (AvgIpc) is 3.16. The predicted octanol–water partition coefficient (Wildman–Crippen LogP) is 4.67. The first-order valence-electron chi connectivity index (χ1n) is 11.2. The zero-order chi connectivity index (χ0) is 19.6. The van der Waals surface area contributed by atoms with E-state index >= 15 is 0 Å². The summed E-state index contributed by atoms with van der Waals surface area (Å²) in [7, 11) is 0. The van der Waals surface area contributed by atoms with E-state index in [9.17, 15) is 9.59 Å². The molecule has 0 amide bonds. The summed E-state index contributed by atoms with van der Waals surface area (Å²) >= 11 is 0. The molecule has 4 heteroatoms. The first kappa shape index (κ1) is 17.6. The lowest BCUT2D eigenvalue weighted by Gasteiger charge is -2.55. The molecule has 5 aliphatic rings. The molecule has 4 saturated carbocycles. The van der Waals surface area contributed by atoms with Crippen molar-refractivity contribution < 1.29 is 14.3 Å². The number of nitrogens with zero attached hydrogens (tertiary/aromatic N) is 1. The molecule has 1 heterocycles. The lowest BCUT2D eigenvalue weighted by Crippen LogP contribution is -2.51. The SMILES string of the molecule is O=C(OCC(=O)C12CC3CC(CC(C3)C1)C2)c1c2c(nc3ccccc13)CCC2. The molecule has 0 unspecified atom stereocenters. The molecular formula is C25H27NO3. The maximum absolute atomic E-state index is 13.2. The highest BCUT2D eigenvalue weighted by atomic mass is 16.5. The molecule has 7 rings (SSSR count). The summed E-state index contributed by atoms with van der Waals surface area (Å²) in [5.41, 5.74) is 3.31. The molecule has 0 saturated heterocycles. The molecule has 150 valence electrons. The minimum atomic E-state index is -0.347. The van der Waals surface area contributed by atoms with E-state index in [0.29, 0.717) is 23.3 Å². The number of ether oxygens (including phenoxy) is 1. The zero-order valence-corrected chi connectivity index (χ0v) is 16.8. The van der Waals surface area contributed by atoms with Crippen molar-refractivity contribution in [3.63, 3.8) is 0 Å². The van der Waals surface area contributed by atoms with Crippen LogP contribution in [0.2, 0.25) is 0 Å². The Morgan fingerprint density at radius 2 is 1.69 bits per heavy atom. The van der Waals surface area contributed by atoms with Crippen molar-refractivity contribution in [3.05, 3.63) is 41.1 Å². The van der Waals surface area contributed by atoms with Crippen LogP contribution in [-0.4, -0.2) is 23.3 Å². The van der Waals surface area contributed by atoms with Gasteiger partial charge in [-0.3, -0.25) is 9.78 Å². The summed E-state index contributed by atoms with van der Waals surface area (Å²) in [6, 6.07) is 7.77. The number of carbonyl (C=O) groups is 2. The third-order valence-corrected chi connectivity index (χ3v) is 8.09. The topological polar surface area (TPSA) is 56.3 Å². The minimum absolute atomic E-state index is 0.0730. The van der Waals surface area contributed by atoms with Gasteiger partial charge in [0.05, 0.1) is 11.1 Å². The van der Waals surface area contributed by atoms with Crippen molar-refractivity contribution in [2.24, 2.45) is 23.2 Å². The van der Waals surface area contributed by atoms with E-state index in [1.807, 2.05) is 24.3 Å². The Morgan fingerprint density at radius 3 is 2.41 bits per heavy atom. The van der Waals surface area contributed by atoms with Crippen LogP contribution in [0.25, 0.3) is 10.9 Å². The van der Waals surface area contributed by atoms with Crippen LogP contribution in [0, 0.1) is 23.2 Å². The number of rotatable bonds is 4. The molecule has 0 spiro atoms. The van der Waals surface area contributed by atoms with Crippen LogP contribution in [0.4, 0.5) is 0 Å². The molecule has 29 heavy (non-hydrogen) atoms. The molecule has 0 atom stereocenters. The Hall–Kier alpha value is -2.23. The fourth-order valence-corrected chi connectivity index (χ4v) is 7.25. The van der Waals surface area contributed by atoms with Gasteiger partial charge in [0.2, 0.25) is 0 Å². The Labute approximate surface area is 171 Å². The van der Waals surface area contributed by atoms with Gasteiger partial charge in [0.1, 0.15) is 0 Å². The fourth-order valence-electron chi connectivity index (χ4n) is 7.25. The number of para-hydroxylation sites is 1. The maximum Gasteiger partial charge on any atom is 0.339 e. The number of fused-ring (bicyclic) bond motifs is 2. The summed E-state index contributed by atoms with van der Waals surface area (Å²) in [5, 5.41) is 0.848. The Kier molecular flexibility index (Phi) is 3.88. The van der Waals surface area contributed by atoms with Crippen molar-refractivity contribution in [1.82, 2.24) is 4.98 Å². The first-order valence-corrected chi connectivity index (χ1v) is 11.2. The van der Waals surface area contributed by atoms with E-state index in [1.165, 1.54) is 19.3 Å².